The highest BCUT2D eigenvalue weighted by atomic mass is 35.5. The van der Waals surface area contributed by atoms with Crippen molar-refractivity contribution in [2.24, 2.45) is 11.3 Å². The largest absolute Gasteiger partial charge is 0.354 e. The van der Waals surface area contributed by atoms with Gasteiger partial charge in [-0.25, -0.2) is 0 Å². The van der Waals surface area contributed by atoms with Gasteiger partial charge in [-0.2, -0.15) is 0 Å². The van der Waals surface area contributed by atoms with Crippen molar-refractivity contribution in [1.82, 2.24) is 16.0 Å². The van der Waals surface area contributed by atoms with Crippen molar-refractivity contribution in [1.29, 1.82) is 0 Å². The lowest BCUT2D eigenvalue weighted by molar-refractivity contribution is -0.138. The summed E-state index contributed by atoms with van der Waals surface area (Å²) in [5, 5.41) is 9.21. The van der Waals surface area contributed by atoms with Crippen LogP contribution in [0.15, 0.2) is 0 Å². The number of rotatable bonds is 2. The van der Waals surface area contributed by atoms with Crippen LogP contribution in [0.4, 0.5) is 0 Å². The molecule has 0 aromatic heterocycles. The first kappa shape index (κ1) is 15.6. The third-order valence-corrected chi connectivity index (χ3v) is 5.08. The Morgan fingerprint density at radius 1 is 1.25 bits per heavy atom. The normalized spacial score (nSPS) is 36.5. The summed E-state index contributed by atoms with van der Waals surface area (Å²) in [6.07, 6.45) is 6.17. The van der Waals surface area contributed by atoms with Gasteiger partial charge in [0.05, 0.1) is 5.41 Å². The molecule has 5 nitrogen and oxygen atoms in total. The van der Waals surface area contributed by atoms with Crippen molar-refractivity contribution in [3.05, 3.63) is 0 Å². The summed E-state index contributed by atoms with van der Waals surface area (Å²) in [7, 11) is 0. The van der Waals surface area contributed by atoms with Gasteiger partial charge in [0.2, 0.25) is 11.8 Å². The molecule has 3 N–H and O–H groups in total. The molecule has 0 bridgehead atoms. The fourth-order valence-corrected chi connectivity index (χ4v) is 3.90. The van der Waals surface area contributed by atoms with E-state index in [1.54, 1.807) is 0 Å². The van der Waals surface area contributed by atoms with Crippen LogP contribution in [-0.2, 0) is 9.59 Å². The van der Waals surface area contributed by atoms with Crippen LogP contribution in [0.1, 0.15) is 38.5 Å². The lowest BCUT2D eigenvalue weighted by Gasteiger charge is -2.38. The molecular weight excluding hydrogens is 278 g/mol. The first-order chi connectivity index (χ1) is 9.22. The lowest BCUT2D eigenvalue weighted by Crippen LogP contribution is -2.56. The topological polar surface area (TPSA) is 70.2 Å². The molecule has 0 aromatic carbocycles. The molecule has 114 valence electrons. The van der Waals surface area contributed by atoms with E-state index in [1.165, 1.54) is 6.42 Å². The number of amides is 2. The van der Waals surface area contributed by atoms with E-state index in [0.29, 0.717) is 5.92 Å². The lowest BCUT2D eigenvalue weighted by atomic mass is 9.67. The minimum atomic E-state index is -0.321. The van der Waals surface area contributed by atoms with Gasteiger partial charge in [-0.15, -0.1) is 12.4 Å². The second-order valence-corrected chi connectivity index (χ2v) is 6.19. The highest BCUT2D eigenvalue weighted by Gasteiger charge is 2.50. The molecule has 3 aliphatic rings. The second-order valence-electron chi connectivity index (χ2n) is 6.19. The molecular formula is C14H24ClN3O2. The van der Waals surface area contributed by atoms with Crippen molar-refractivity contribution < 1.29 is 9.59 Å². The average Bonchev–Trinajstić information content (AvgIpc) is 2.86. The Bertz CT molecular complexity index is 391. The summed E-state index contributed by atoms with van der Waals surface area (Å²) < 4.78 is 0. The molecule has 20 heavy (non-hydrogen) atoms. The van der Waals surface area contributed by atoms with Gasteiger partial charge >= 0.3 is 0 Å². The van der Waals surface area contributed by atoms with E-state index in [1.807, 2.05) is 0 Å². The zero-order chi connectivity index (χ0) is 13.3. The number of carbonyl (C=O) groups is 2. The smallest absolute Gasteiger partial charge is 0.242 e. The Morgan fingerprint density at radius 2 is 2.10 bits per heavy atom. The minimum Gasteiger partial charge on any atom is -0.354 e. The Morgan fingerprint density at radius 3 is 2.90 bits per heavy atom. The van der Waals surface area contributed by atoms with E-state index in [-0.39, 0.29) is 35.7 Å². The zero-order valence-electron chi connectivity index (χ0n) is 11.7. The van der Waals surface area contributed by atoms with Crippen molar-refractivity contribution in [2.75, 3.05) is 19.6 Å². The predicted octanol–water partition coefficient (Wildman–Crippen LogP) is 0.583. The molecule has 3 fully saturated rings. The molecule has 0 spiro atoms. The molecule has 2 aliphatic heterocycles. The van der Waals surface area contributed by atoms with Crippen molar-refractivity contribution in [3.63, 3.8) is 0 Å². The molecule has 0 aromatic rings. The second kappa shape index (κ2) is 6.31. The van der Waals surface area contributed by atoms with Crippen LogP contribution in [0.2, 0.25) is 0 Å². The van der Waals surface area contributed by atoms with Crippen LogP contribution in [0.3, 0.4) is 0 Å². The highest BCUT2D eigenvalue weighted by Crippen LogP contribution is 2.44. The molecule has 2 heterocycles. The molecule has 2 saturated heterocycles. The summed E-state index contributed by atoms with van der Waals surface area (Å²) >= 11 is 0. The van der Waals surface area contributed by atoms with Gasteiger partial charge in [-0.3, -0.25) is 9.59 Å². The van der Waals surface area contributed by atoms with E-state index < -0.39 is 0 Å². The maximum absolute atomic E-state index is 12.7. The summed E-state index contributed by atoms with van der Waals surface area (Å²) in [6.45, 7) is 2.46. The fourth-order valence-electron chi connectivity index (χ4n) is 3.90. The standard InChI is InChI=1S/C14H23N3O2.ClH/c18-12-11(5-3-7-16-12)17-13(19)14-6-2-1-4-10(14)8-15-9-14;/h10-11,15H,1-9H2,(H,16,18)(H,17,19);1H/t10-,11?,14+;/m0./s1. The number of piperidine rings is 1. The Kier molecular flexibility index (Phi) is 4.91. The van der Waals surface area contributed by atoms with Gasteiger partial charge in [0, 0.05) is 13.1 Å². The summed E-state index contributed by atoms with van der Waals surface area (Å²) in [4.78, 5) is 24.4. The van der Waals surface area contributed by atoms with Gasteiger partial charge < -0.3 is 16.0 Å². The molecule has 1 unspecified atom stereocenters. The maximum Gasteiger partial charge on any atom is 0.242 e. The fraction of sp³-hybridized carbons (Fsp3) is 0.857. The van der Waals surface area contributed by atoms with Crippen molar-refractivity contribution in [2.45, 2.75) is 44.6 Å². The Balaban J connectivity index is 0.00000147. The van der Waals surface area contributed by atoms with Crippen LogP contribution in [0.5, 0.6) is 0 Å². The predicted molar refractivity (Wildman–Crippen MR) is 78.7 cm³/mol. The maximum atomic E-state index is 12.7. The van der Waals surface area contributed by atoms with Crippen LogP contribution in [-0.4, -0.2) is 37.5 Å². The van der Waals surface area contributed by atoms with E-state index in [2.05, 4.69) is 16.0 Å². The van der Waals surface area contributed by atoms with Crippen LogP contribution in [0, 0.1) is 11.3 Å². The molecule has 0 radical (unpaired) electrons. The van der Waals surface area contributed by atoms with E-state index in [0.717, 1.165) is 51.7 Å². The SMILES string of the molecule is Cl.O=C1NCCCC1NC(=O)[C@@]12CCCC[C@H]1CNC2. The van der Waals surface area contributed by atoms with Gasteiger partial charge in [0.25, 0.3) is 0 Å². The Hall–Kier alpha value is -0.810. The van der Waals surface area contributed by atoms with Gasteiger partial charge in [-0.1, -0.05) is 12.8 Å². The summed E-state index contributed by atoms with van der Waals surface area (Å²) in [5.74, 6) is 0.534. The van der Waals surface area contributed by atoms with Crippen molar-refractivity contribution in [3.8, 4) is 0 Å². The van der Waals surface area contributed by atoms with E-state index >= 15 is 0 Å². The molecule has 1 saturated carbocycles. The van der Waals surface area contributed by atoms with Crippen LogP contribution >= 0.6 is 12.4 Å². The number of halogens is 1. The van der Waals surface area contributed by atoms with Gasteiger partial charge in [-0.05, 0) is 38.1 Å². The number of carbonyl (C=O) groups excluding carboxylic acids is 2. The number of hydrogen-bond acceptors (Lipinski definition) is 3. The highest BCUT2D eigenvalue weighted by molar-refractivity contribution is 5.91. The van der Waals surface area contributed by atoms with E-state index in [9.17, 15) is 9.59 Å². The number of hydrogen-bond donors (Lipinski definition) is 3. The summed E-state index contributed by atoms with van der Waals surface area (Å²) in [6, 6.07) is -0.321. The van der Waals surface area contributed by atoms with Crippen LogP contribution < -0.4 is 16.0 Å². The molecule has 3 rings (SSSR count). The molecule has 2 amide bonds. The van der Waals surface area contributed by atoms with Crippen molar-refractivity contribution >= 4 is 24.2 Å². The molecule has 6 heteroatoms. The molecule has 3 atom stereocenters. The minimum absolute atomic E-state index is 0. The van der Waals surface area contributed by atoms with Gasteiger partial charge in [0.15, 0.2) is 0 Å². The first-order valence-electron chi connectivity index (χ1n) is 7.52. The molecule has 1 aliphatic carbocycles. The third-order valence-electron chi connectivity index (χ3n) is 5.08. The Labute approximate surface area is 126 Å². The number of nitrogens with one attached hydrogen (secondary N) is 3. The number of fused-ring (bicyclic) bond motifs is 1. The van der Waals surface area contributed by atoms with Gasteiger partial charge in [0.1, 0.15) is 6.04 Å². The first-order valence-corrected chi connectivity index (χ1v) is 7.52. The average molecular weight is 302 g/mol. The van der Waals surface area contributed by atoms with Crippen LogP contribution in [0.25, 0.3) is 0 Å². The zero-order valence-corrected chi connectivity index (χ0v) is 12.6. The third kappa shape index (κ3) is 2.66. The summed E-state index contributed by atoms with van der Waals surface area (Å²) in [5.41, 5.74) is -0.254. The van der Waals surface area contributed by atoms with E-state index in [4.69, 9.17) is 0 Å². The quantitative estimate of drug-likeness (QED) is 0.699. The monoisotopic (exact) mass is 301 g/mol.